The predicted octanol–water partition coefficient (Wildman–Crippen LogP) is 2.04. The average molecular weight is 387 g/mol. The van der Waals surface area contributed by atoms with Crippen LogP contribution in [0.3, 0.4) is 0 Å². The molecule has 0 saturated carbocycles. The summed E-state index contributed by atoms with van der Waals surface area (Å²) >= 11 is 0. The van der Waals surface area contributed by atoms with E-state index < -0.39 is 0 Å². The van der Waals surface area contributed by atoms with E-state index in [-0.39, 0.29) is 5.91 Å². The molecule has 0 bridgehead atoms. The van der Waals surface area contributed by atoms with Gasteiger partial charge in [-0.2, -0.15) is 0 Å². The summed E-state index contributed by atoms with van der Waals surface area (Å²) in [6.45, 7) is 7.43. The number of furan rings is 1. The van der Waals surface area contributed by atoms with E-state index in [9.17, 15) is 4.79 Å². The zero-order chi connectivity index (χ0) is 19.9. The Morgan fingerprint density at radius 2 is 1.79 bits per heavy atom. The van der Waals surface area contributed by atoms with Gasteiger partial charge in [-0.1, -0.05) is 0 Å². The number of carbonyl (C=O) groups excluding carboxylic acids is 1. The van der Waals surface area contributed by atoms with Crippen molar-refractivity contribution in [2.24, 2.45) is 0 Å². The summed E-state index contributed by atoms with van der Waals surface area (Å²) in [6.07, 6.45) is 1.61. The largest absolute Gasteiger partial charge is 0.493 e. The number of hydrogen-bond acceptors (Lipinski definition) is 6. The lowest BCUT2D eigenvalue weighted by Gasteiger charge is -2.34. The van der Waals surface area contributed by atoms with Crippen LogP contribution in [-0.4, -0.2) is 62.7 Å². The summed E-state index contributed by atoms with van der Waals surface area (Å²) in [4.78, 5) is 16.7. The molecule has 0 atom stereocenters. The number of benzene rings is 1. The van der Waals surface area contributed by atoms with E-state index in [0.717, 1.165) is 50.0 Å². The Kier molecular flexibility index (Phi) is 6.95. The lowest BCUT2D eigenvalue weighted by molar-refractivity contribution is -0.122. The van der Waals surface area contributed by atoms with Crippen LogP contribution in [0.5, 0.6) is 11.5 Å². The van der Waals surface area contributed by atoms with Crippen LogP contribution in [0.15, 0.2) is 34.9 Å². The Balaban J connectivity index is 1.46. The normalized spacial score (nSPS) is 15.4. The molecule has 1 aliphatic rings. The minimum atomic E-state index is 0.0283. The number of carbonyl (C=O) groups is 1. The monoisotopic (exact) mass is 387 g/mol. The van der Waals surface area contributed by atoms with Crippen LogP contribution in [-0.2, 0) is 17.9 Å². The highest BCUT2D eigenvalue weighted by Gasteiger charge is 2.20. The Morgan fingerprint density at radius 1 is 1.11 bits per heavy atom. The third-order valence-corrected chi connectivity index (χ3v) is 5.11. The third-order valence-electron chi connectivity index (χ3n) is 5.11. The summed E-state index contributed by atoms with van der Waals surface area (Å²) < 4.78 is 16.0. The van der Waals surface area contributed by atoms with Gasteiger partial charge in [-0.3, -0.25) is 14.6 Å². The van der Waals surface area contributed by atoms with Gasteiger partial charge in [0, 0.05) is 32.7 Å². The molecule has 3 rings (SSSR count). The quantitative estimate of drug-likeness (QED) is 0.748. The number of hydrogen-bond donors (Lipinski definition) is 1. The lowest BCUT2D eigenvalue weighted by atomic mass is 10.1. The molecule has 1 N–H and O–H groups in total. The predicted molar refractivity (Wildman–Crippen MR) is 107 cm³/mol. The molecule has 1 aromatic heterocycles. The SMILES string of the molecule is COc1cc(C)c(CN2CCN(CC(=O)NCc3ccco3)CC2)cc1OC. The highest BCUT2D eigenvalue weighted by atomic mass is 16.5. The molecule has 1 amide bonds. The zero-order valence-corrected chi connectivity index (χ0v) is 16.9. The van der Waals surface area contributed by atoms with Gasteiger partial charge < -0.3 is 19.2 Å². The average Bonchev–Trinajstić information content (AvgIpc) is 3.22. The number of piperazine rings is 1. The molecule has 0 spiro atoms. The van der Waals surface area contributed by atoms with Crippen LogP contribution in [0.1, 0.15) is 16.9 Å². The van der Waals surface area contributed by atoms with Crippen molar-refractivity contribution in [3.8, 4) is 11.5 Å². The van der Waals surface area contributed by atoms with E-state index in [1.54, 1.807) is 20.5 Å². The minimum Gasteiger partial charge on any atom is -0.493 e. The second-order valence-electron chi connectivity index (χ2n) is 7.04. The smallest absolute Gasteiger partial charge is 0.234 e. The molecule has 0 aliphatic carbocycles. The Bertz CT molecular complexity index is 768. The summed E-state index contributed by atoms with van der Waals surface area (Å²) in [5.41, 5.74) is 2.43. The molecule has 7 heteroatoms. The van der Waals surface area contributed by atoms with E-state index >= 15 is 0 Å². The molecule has 1 fully saturated rings. The first kappa shape index (κ1) is 20.2. The molecule has 1 aliphatic heterocycles. The van der Waals surface area contributed by atoms with E-state index in [1.807, 2.05) is 18.2 Å². The fourth-order valence-corrected chi connectivity index (χ4v) is 3.40. The van der Waals surface area contributed by atoms with Crippen molar-refractivity contribution in [2.45, 2.75) is 20.0 Å². The van der Waals surface area contributed by atoms with Gasteiger partial charge in [0.2, 0.25) is 5.91 Å². The maximum absolute atomic E-state index is 12.1. The van der Waals surface area contributed by atoms with Crippen LogP contribution in [0.4, 0.5) is 0 Å². The van der Waals surface area contributed by atoms with Crippen molar-refractivity contribution < 1.29 is 18.7 Å². The van der Waals surface area contributed by atoms with Gasteiger partial charge in [0.1, 0.15) is 5.76 Å². The van der Waals surface area contributed by atoms with Crippen LogP contribution >= 0.6 is 0 Å². The van der Waals surface area contributed by atoms with Gasteiger partial charge in [-0.25, -0.2) is 0 Å². The van der Waals surface area contributed by atoms with Crippen LogP contribution in [0.25, 0.3) is 0 Å². The number of methoxy groups -OCH3 is 2. The number of rotatable bonds is 8. The maximum atomic E-state index is 12.1. The van der Waals surface area contributed by atoms with Crippen molar-refractivity contribution in [3.05, 3.63) is 47.4 Å². The molecular weight excluding hydrogens is 358 g/mol. The molecule has 7 nitrogen and oxygen atoms in total. The first-order chi connectivity index (χ1) is 13.6. The number of ether oxygens (including phenoxy) is 2. The Labute approximate surface area is 166 Å². The number of nitrogens with zero attached hydrogens (tertiary/aromatic N) is 2. The van der Waals surface area contributed by atoms with Gasteiger partial charge in [-0.15, -0.1) is 0 Å². The van der Waals surface area contributed by atoms with Gasteiger partial charge in [0.05, 0.1) is 33.6 Å². The fourth-order valence-electron chi connectivity index (χ4n) is 3.40. The molecular formula is C21H29N3O4. The van der Waals surface area contributed by atoms with Crippen molar-refractivity contribution in [3.63, 3.8) is 0 Å². The van der Waals surface area contributed by atoms with Crippen molar-refractivity contribution >= 4 is 5.91 Å². The van der Waals surface area contributed by atoms with Crippen LogP contribution < -0.4 is 14.8 Å². The molecule has 1 aromatic carbocycles. The number of amides is 1. The van der Waals surface area contributed by atoms with Gasteiger partial charge >= 0.3 is 0 Å². The molecule has 1 saturated heterocycles. The zero-order valence-electron chi connectivity index (χ0n) is 16.9. The second kappa shape index (κ2) is 9.61. The molecule has 2 heterocycles. The topological polar surface area (TPSA) is 67.2 Å². The maximum Gasteiger partial charge on any atom is 0.234 e. The highest BCUT2D eigenvalue weighted by Crippen LogP contribution is 2.30. The van der Waals surface area contributed by atoms with Crippen LogP contribution in [0.2, 0.25) is 0 Å². The second-order valence-corrected chi connectivity index (χ2v) is 7.04. The number of nitrogens with one attached hydrogen (secondary N) is 1. The van der Waals surface area contributed by atoms with Gasteiger partial charge in [0.15, 0.2) is 11.5 Å². The van der Waals surface area contributed by atoms with E-state index in [0.29, 0.717) is 13.1 Å². The first-order valence-electron chi connectivity index (χ1n) is 9.54. The fraction of sp³-hybridized carbons (Fsp3) is 0.476. The summed E-state index contributed by atoms with van der Waals surface area (Å²) in [5, 5.41) is 2.90. The molecule has 28 heavy (non-hydrogen) atoms. The van der Waals surface area contributed by atoms with Crippen LogP contribution in [0, 0.1) is 6.92 Å². The highest BCUT2D eigenvalue weighted by molar-refractivity contribution is 5.77. The van der Waals surface area contributed by atoms with Crippen molar-refractivity contribution in [1.29, 1.82) is 0 Å². The van der Waals surface area contributed by atoms with Gasteiger partial charge in [0.25, 0.3) is 0 Å². The first-order valence-corrected chi connectivity index (χ1v) is 9.54. The minimum absolute atomic E-state index is 0.0283. The lowest BCUT2D eigenvalue weighted by Crippen LogP contribution is -2.49. The molecule has 0 unspecified atom stereocenters. The Morgan fingerprint density at radius 3 is 2.43 bits per heavy atom. The van der Waals surface area contributed by atoms with Gasteiger partial charge in [-0.05, 0) is 42.3 Å². The molecule has 2 aromatic rings. The van der Waals surface area contributed by atoms with E-state index in [4.69, 9.17) is 13.9 Å². The van der Waals surface area contributed by atoms with Crippen molar-refractivity contribution in [1.82, 2.24) is 15.1 Å². The van der Waals surface area contributed by atoms with Crippen molar-refractivity contribution in [2.75, 3.05) is 46.9 Å². The summed E-state index contributed by atoms with van der Waals surface area (Å²) in [7, 11) is 3.31. The molecule has 0 radical (unpaired) electrons. The summed E-state index contributed by atoms with van der Waals surface area (Å²) in [5.74, 6) is 2.31. The standard InChI is InChI=1S/C21H29N3O4/c1-16-11-19(26-2)20(27-3)12-17(16)14-23-6-8-24(9-7-23)15-21(25)22-13-18-5-4-10-28-18/h4-5,10-12H,6-9,13-15H2,1-3H3,(H,22,25). The summed E-state index contributed by atoms with van der Waals surface area (Å²) in [6, 6.07) is 7.76. The van der Waals surface area contributed by atoms with E-state index in [2.05, 4.69) is 28.1 Å². The van der Waals surface area contributed by atoms with E-state index in [1.165, 1.54) is 11.1 Å². The Hall–Kier alpha value is -2.51. The number of aryl methyl sites for hydroxylation is 1. The third kappa shape index (κ3) is 5.27. The molecule has 152 valence electrons.